The number of benzene rings is 1. The molecule has 1 N–H and O–H groups in total. The highest BCUT2D eigenvalue weighted by atomic mass is 16.4. The van der Waals surface area contributed by atoms with Crippen LogP contribution in [-0.2, 0) is 11.2 Å². The Labute approximate surface area is 119 Å². The van der Waals surface area contributed by atoms with Crippen molar-refractivity contribution in [2.45, 2.75) is 32.6 Å². The van der Waals surface area contributed by atoms with Crippen LogP contribution in [0.3, 0.4) is 0 Å². The molecule has 0 spiro atoms. The standard InChI is InChI=1S/C16H21NO3/c1-12-3-2-9-17(10-8-12)15(18)11-13-4-6-14(7-5-13)16(19)20/h4-7,12H,2-3,8-11H2,1H3,(H,19,20). The summed E-state index contributed by atoms with van der Waals surface area (Å²) in [6.07, 6.45) is 3.69. The molecule has 108 valence electrons. The van der Waals surface area contributed by atoms with Gasteiger partial charge in [-0.25, -0.2) is 4.79 Å². The van der Waals surface area contributed by atoms with Crippen LogP contribution in [0, 0.1) is 5.92 Å². The second-order valence-electron chi connectivity index (χ2n) is 5.60. The van der Waals surface area contributed by atoms with E-state index in [1.807, 2.05) is 4.90 Å². The van der Waals surface area contributed by atoms with E-state index in [1.165, 1.54) is 6.42 Å². The number of aromatic carboxylic acids is 1. The molecule has 1 aromatic rings. The van der Waals surface area contributed by atoms with Crippen molar-refractivity contribution >= 4 is 11.9 Å². The monoisotopic (exact) mass is 275 g/mol. The van der Waals surface area contributed by atoms with E-state index in [0.717, 1.165) is 31.5 Å². The number of hydrogen-bond acceptors (Lipinski definition) is 2. The molecular formula is C16H21NO3. The molecule has 1 amide bonds. The maximum Gasteiger partial charge on any atom is 0.335 e. The fraction of sp³-hybridized carbons (Fsp3) is 0.500. The van der Waals surface area contributed by atoms with Crippen LogP contribution in [0.1, 0.15) is 42.1 Å². The number of carbonyl (C=O) groups is 2. The van der Waals surface area contributed by atoms with Gasteiger partial charge in [-0.2, -0.15) is 0 Å². The predicted molar refractivity (Wildman–Crippen MR) is 76.7 cm³/mol. The highest BCUT2D eigenvalue weighted by Crippen LogP contribution is 2.17. The lowest BCUT2D eigenvalue weighted by Gasteiger charge is -2.20. The minimum Gasteiger partial charge on any atom is -0.478 e. The molecule has 1 heterocycles. The van der Waals surface area contributed by atoms with Crippen LogP contribution in [0.2, 0.25) is 0 Å². The van der Waals surface area contributed by atoms with Gasteiger partial charge in [-0.15, -0.1) is 0 Å². The van der Waals surface area contributed by atoms with Gasteiger partial charge in [-0.05, 0) is 42.9 Å². The Kier molecular flexibility index (Phi) is 4.77. The van der Waals surface area contributed by atoms with Gasteiger partial charge >= 0.3 is 5.97 Å². The van der Waals surface area contributed by atoms with Crippen LogP contribution in [0.5, 0.6) is 0 Å². The van der Waals surface area contributed by atoms with E-state index in [2.05, 4.69) is 6.92 Å². The highest BCUT2D eigenvalue weighted by Gasteiger charge is 2.18. The Balaban J connectivity index is 1.95. The highest BCUT2D eigenvalue weighted by molar-refractivity contribution is 5.87. The molecule has 1 aliphatic rings. The second kappa shape index (κ2) is 6.55. The summed E-state index contributed by atoms with van der Waals surface area (Å²) < 4.78 is 0. The largest absolute Gasteiger partial charge is 0.478 e. The van der Waals surface area contributed by atoms with Crippen molar-refractivity contribution in [3.05, 3.63) is 35.4 Å². The van der Waals surface area contributed by atoms with E-state index < -0.39 is 5.97 Å². The number of hydrogen-bond donors (Lipinski definition) is 1. The van der Waals surface area contributed by atoms with E-state index in [9.17, 15) is 9.59 Å². The molecule has 0 bridgehead atoms. The average Bonchev–Trinajstić information content (AvgIpc) is 2.64. The Morgan fingerprint density at radius 1 is 1.20 bits per heavy atom. The summed E-state index contributed by atoms with van der Waals surface area (Å²) in [5, 5.41) is 8.84. The van der Waals surface area contributed by atoms with Gasteiger partial charge in [0, 0.05) is 13.1 Å². The van der Waals surface area contributed by atoms with E-state index in [4.69, 9.17) is 5.11 Å². The molecule has 1 aliphatic heterocycles. The van der Waals surface area contributed by atoms with Crippen LogP contribution < -0.4 is 0 Å². The molecule has 4 heteroatoms. The third-order valence-corrected chi connectivity index (χ3v) is 3.93. The van der Waals surface area contributed by atoms with Crippen molar-refractivity contribution in [1.29, 1.82) is 0 Å². The summed E-state index contributed by atoms with van der Waals surface area (Å²) in [5.74, 6) is -0.103. The number of rotatable bonds is 3. The lowest BCUT2D eigenvalue weighted by atomic mass is 10.0. The Bertz CT molecular complexity index is 481. The molecule has 1 atom stereocenters. The molecule has 20 heavy (non-hydrogen) atoms. The van der Waals surface area contributed by atoms with Gasteiger partial charge < -0.3 is 10.0 Å². The van der Waals surface area contributed by atoms with Crippen molar-refractivity contribution in [3.63, 3.8) is 0 Å². The Hall–Kier alpha value is -1.84. The summed E-state index contributed by atoms with van der Waals surface area (Å²) in [7, 11) is 0. The molecule has 4 nitrogen and oxygen atoms in total. The van der Waals surface area contributed by atoms with Crippen LogP contribution >= 0.6 is 0 Å². The normalized spacial score (nSPS) is 19.4. The third kappa shape index (κ3) is 3.83. The quantitative estimate of drug-likeness (QED) is 0.922. The first kappa shape index (κ1) is 14.6. The fourth-order valence-corrected chi connectivity index (χ4v) is 2.56. The topological polar surface area (TPSA) is 57.6 Å². The van der Waals surface area contributed by atoms with Gasteiger partial charge in [0.25, 0.3) is 0 Å². The molecule has 1 unspecified atom stereocenters. The number of carbonyl (C=O) groups excluding carboxylic acids is 1. The molecule has 0 saturated carbocycles. The lowest BCUT2D eigenvalue weighted by Crippen LogP contribution is -2.33. The molecular weight excluding hydrogens is 254 g/mol. The summed E-state index contributed by atoms with van der Waals surface area (Å²) in [4.78, 5) is 25.0. The first-order valence-corrected chi connectivity index (χ1v) is 7.16. The van der Waals surface area contributed by atoms with Crippen LogP contribution in [0.15, 0.2) is 24.3 Å². The van der Waals surface area contributed by atoms with E-state index in [-0.39, 0.29) is 11.5 Å². The van der Waals surface area contributed by atoms with Gasteiger partial charge in [0.15, 0.2) is 0 Å². The average molecular weight is 275 g/mol. The van der Waals surface area contributed by atoms with E-state index >= 15 is 0 Å². The minimum atomic E-state index is -0.940. The molecule has 2 rings (SSSR count). The van der Waals surface area contributed by atoms with Crippen molar-refractivity contribution in [1.82, 2.24) is 4.90 Å². The van der Waals surface area contributed by atoms with Gasteiger partial charge in [0.1, 0.15) is 0 Å². The Morgan fingerprint density at radius 3 is 2.55 bits per heavy atom. The minimum absolute atomic E-state index is 0.141. The van der Waals surface area contributed by atoms with Crippen LogP contribution in [0.4, 0.5) is 0 Å². The molecule has 1 fully saturated rings. The summed E-state index contributed by atoms with van der Waals surface area (Å²) >= 11 is 0. The molecule has 0 aromatic heterocycles. The number of amides is 1. The first-order valence-electron chi connectivity index (χ1n) is 7.16. The summed E-state index contributed by atoms with van der Waals surface area (Å²) in [6.45, 7) is 3.92. The van der Waals surface area contributed by atoms with Crippen LogP contribution in [-0.4, -0.2) is 35.0 Å². The van der Waals surface area contributed by atoms with E-state index in [1.54, 1.807) is 24.3 Å². The predicted octanol–water partition coefficient (Wildman–Crippen LogP) is 2.58. The van der Waals surface area contributed by atoms with Crippen molar-refractivity contribution in [2.24, 2.45) is 5.92 Å². The number of likely N-dealkylation sites (tertiary alicyclic amines) is 1. The fourth-order valence-electron chi connectivity index (χ4n) is 2.56. The van der Waals surface area contributed by atoms with Gasteiger partial charge in [0.05, 0.1) is 12.0 Å². The van der Waals surface area contributed by atoms with Gasteiger partial charge in [-0.1, -0.05) is 19.1 Å². The maximum atomic E-state index is 12.3. The summed E-state index contributed by atoms with van der Waals surface area (Å²) in [6, 6.07) is 6.55. The van der Waals surface area contributed by atoms with Gasteiger partial charge in [-0.3, -0.25) is 4.79 Å². The third-order valence-electron chi connectivity index (χ3n) is 3.93. The Morgan fingerprint density at radius 2 is 1.90 bits per heavy atom. The van der Waals surface area contributed by atoms with Crippen molar-refractivity contribution in [2.75, 3.05) is 13.1 Å². The molecule has 0 aliphatic carbocycles. The van der Waals surface area contributed by atoms with E-state index in [0.29, 0.717) is 12.3 Å². The zero-order valence-electron chi connectivity index (χ0n) is 11.8. The van der Waals surface area contributed by atoms with Crippen LogP contribution in [0.25, 0.3) is 0 Å². The zero-order chi connectivity index (χ0) is 14.5. The molecule has 0 radical (unpaired) electrons. The van der Waals surface area contributed by atoms with Crippen molar-refractivity contribution in [3.8, 4) is 0 Å². The summed E-state index contributed by atoms with van der Waals surface area (Å²) in [5.41, 5.74) is 1.13. The zero-order valence-corrected chi connectivity index (χ0v) is 11.8. The molecule has 1 saturated heterocycles. The second-order valence-corrected chi connectivity index (χ2v) is 5.60. The SMILES string of the molecule is CC1CCCN(C(=O)Cc2ccc(C(=O)O)cc2)CC1. The smallest absolute Gasteiger partial charge is 0.335 e. The number of carboxylic acids is 1. The number of carboxylic acid groups (broad SMARTS) is 1. The first-order chi connectivity index (χ1) is 9.56. The van der Waals surface area contributed by atoms with Gasteiger partial charge in [0.2, 0.25) is 5.91 Å². The maximum absolute atomic E-state index is 12.3. The number of nitrogens with zero attached hydrogens (tertiary/aromatic N) is 1. The van der Waals surface area contributed by atoms with Crippen molar-refractivity contribution < 1.29 is 14.7 Å². The molecule has 1 aromatic carbocycles. The lowest BCUT2D eigenvalue weighted by molar-refractivity contribution is -0.130.